The molecule has 174 valence electrons. The second kappa shape index (κ2) is 11.4. The Morgan fingerprint density at radius 3 is 2.66 bits per heavy atom. The maximum atomic E-state index is 13.2. The average molecular weight is 462 g/mol. The number of carbonyl (C=O) groups excluding carboxylic acids is 2. The molecule has 0 fully saturated rings. The van der Waals surface area contributed by atoms with Gasteiger partial charge in [-0.1, -0.05) is 44.6 Å². The first-order chi connectivity index (χ1) is 15.3. The molecule has 3 rings (SSSR count). The van der Waals surface area contributed by atoms with Crippen molar-refractivity contribution in [3.05, 3.63) is 64.1 Å². The quantitative estimate of drug-likeness (QED) is 0.477. The molecule has 1 aromatic carbocycles. The van der Waals surface area contributed by atoms with Crippen LogP contribution in [-0.4, -0.2) is 39.8 Å². The van der Waals surface area contributed by atoms with Crippen LogP contribution in [0.5, 0.6) is 5.75 Å². The summed E-state index contributed by atoms with van der Waals surface area (Å²) in [6, 6.07) is 5.10. The monoisotopic (exact) mass is 461 g/mol. The van der Waals surface area contributed by atoms with Crippen molar-refractivity contribution < 1.29 is 27.9 Å². The Labute approximate surface area is 189 Å². The SMILES string of the molecule is CC1(C)C=CC(S(=O)(=O)NC2CCCCc3c(OCC=O)cccc32)=CC(C=O)=C1.CO. The van der Waals surface area contributed by atoms with Crippen molar-refractivity contribution >= 4 is 22.6 Å². The van der Waals surface area contributed by atoms with Crippen molar-refractivity contribution in [3.8, 4) is 5.75 Å². The number of aldehydes is 2. The van der Waals surface area contributed by atoms with E-state index in [0.29, 0.717) is 30.3 Å². The summed E-state index contributed by atoms with van der Waals surface area (Å²) in [5.74, 6) is 0.618. The fraction of sp³-hybridized carbons (Fsp3) is 0.417. The van der Waals surface area contributed by atoms with E-state index in [1.807, 2.05) is 26.0 Å². The van der Waals surface area contributed by atoms with Crippen LogP contribution in [0, 0.1) is 5.41 Å². The van der Waals surface area contributed by atoms with E-state index in [-0.39, 0.29) is 11.5 Å². The molecule has 0 saturated carbocycles. The highest BCUT2D eigenvalue weighted by Gasteiger charge is 2.28. The first-order valence-electron chi connectivity index (χ1n) is 10.5. The molecule has 1 unspecified atom stereocenters. The van der Waals surface area contributed by atoms with Crippen molar-refractivity contribution in [2.24, 2.45) is 5.41 Å². The van der Waals surface area contributed by atoms with Crippen molar-refractivity contribution in [2.45, 2.75) is 45.6 Å². The van der Waals surface area contributed by atoms with Crippen LogP contribution in [0.25, 0.3) is 0 Å². The second-order valence-corrected chi connectivity index (χ2v) is 9.90. The number of benzene rings is 1. The Bertz CT molecular complexity index is 1020. The Morgan fingerprint density at radius 2 is 1.97 bits per heavy atom. The van der Waals surface area contributed by atoms with E-state index in [1.165, 1.54) is 6.08 Å². The average Bonchev–Trinajstić information content (AvgIpc) is 3.07. The maximum Gasteiger partial charge on any atom is 0.241 e. The molecule has 8 heteroatoms. The van der Waals surface area contributed by atoms with E-state index in [1.54, 1.807) is 24.3 Å². The lowest BCUT2D eigenvalue weighted by Gasteiger charge is -2.21. The van der Waals surface area contributed by atoms with Crippen LogP contribution in [-0.2, 0) is 26.0 Å². The summed E-state index contributed by atoms with van der Waals surface area (Å²) in [5, 5.41) is 7.00. The van der Waals surface area contributed by atoms with Crippen LogP contribution in [0.3, 0.4) is 0 Å². The Kier molecular flexibility index (Phi) is 9.12. The third-order valence-electron chi connectivity index (χ3n) is 5.29. The molecule has 1 aromatic rings. The predicted octanol–water partition coefficient (Wildman–Crippen LogP) is 3.16. The van der Waals surface area contributed by atoms with E-state index in [0.717, 1.165) is 37.5 Å². The highest BCUT2D eigenvalue weighted by atomic mass is 32.2. The minimum Gasteiger partial charge on any atom is -0.486 e. The lowest BCUT2D eigenvalue weighted by atomic mass is 9.91. The number of allylic oxidation sites excluding steroid dienone is 5. The number of hydrogen-bond donors (Lipinski definition) is 2. The summed E-state index contributed by atoms with van der Waals surface area (Å²) in [4.78, 5) is 22.2. The molecule has 0 aliphatic heterocycles. The minimum absolute atomic E-state index is 0.0406. The standard InChI is InChI=1S/C23H27NO5S.CH4O/c1-23(2)11-10-18(14-17(15-23)16-26)30(27,28)24-21-8-4-3-6-20-19(21)7-5-9-22(20)29-13-12-25;1-2/h5,7,9-12,14-16,21,24H,3-4,6,8,13H2,1-2H3;2H,1H3. The summed E-state index contributed by atoms with van der Waals surface area (Å²) in [6.45, 7) is 3.78. The van der Waals surface area contributed by atoms with Gasteiger partial charge in [0.1, 0.15) is 18.6 Å². The summed E-state index contributed by atoms with van der Waals surface area (Å²) in [5.41, 5.74) is 1.70. The highest BCUT2D eigenvalue weighted by molar-refractivity contribution is 7.93. The summed E-state index contributed by atoms with van der Waals surface area (Å²) in [6.07, 6.45) is 11.0. The van der Waals surface area contributed by atoms with Gasteiger partial charge in [-0.05, 0) is 48.6 Å². The molecule has 1 atom stereocenters. The number of aliphatic hydroxyl groups excluding tert-OH is 1. The molecule has 0 heterocycles. The molecule has 0 saturated heterocycles. The number of carbonyl (C=O) groups is 2. The number of sulfonamides is 1. The highest BCUT2D eigenvalue weighted by Crippen LogP contribution is 2.35. The van der Waals surface area contributed by atoms with Gasteiger partial charge in [0.2, 0.25) is 10.0 Å². The predicted molar refractivity (Wildman–Crippen MR) is 124 cm³/mol. The molecule has 2 aliphatic rings. The number of fused-ring (bicyclic) bond motifs is 1. The molecule has 0 bridgehead atoms. The van der Waals surface area contributed by atoms with Crippen molar-refractivity contribution in [2.75, 3.05) is 13.7 Å². The fourth-order valence-corrected chi connectivity index (χ4v) is 5.18. The number of nitrogens with one attached hydrogen (secondary N) is 1. The van der Waals surface area contributed by atoms with E-state index in [4.69, 9.17) is 9.84 Å². The molecule has 0 amide bonds. The minimum atomic E-state index is -3.86. The number of hydrogen-bond acceptors (Lipinski definition) is 6. The molecule has 2 N–H and O–H groups in total. The van der Waals surface area contributed by atoms with Gasteiger partial charge in [0.05, 0.1) is 4.91 Å². The maximum absolute atomic E-state index is 13.2. The van der Waals surface area contributed by atoms with Gasteiger partial charge in [-0.3, -0.25) is 9.59 Å². The largest absolute Gasteiger partial charge is 0.486 e. The Balaban J connectivity index is 0.00000176. The molecular weight excluding hydrogens is 430 g/mol. The Morgan fingerprint density at radius 1 is 1.22 bits per heavy atom. The lowest BCUT2D eigenvalue weighted by Crippen LogP contribution is -2.29. The van der Waals surface area contributed by atoms with Crippen molar-refractivity contribution in [1.82, 2.24) is 4.72 Å². The van der Waals surface area contributed by atoms with Gasteiger partial charge >= 0.3 is 0 Å². The van der Waals surface area contributed by atoms with Crippen LogP contribution in [0.15, 0.2) is 53.0 Å². The first kappa shape index (κ1) is 25.7. The van der Waals surface area contributed by atoms with Gasteiger partial charge in [0.25, 0.3) is 0 Å². The summed E-state index contributed by atoms with van der Waals surface area (Å²) in [7, 11) is -2.86. The zero-order valence-corrected chi connectivity index (χ0v) is 19.5. The van der Waals surface area contributed by atoms with Crippen LogP contribution >= 0.6 is 0 Å². The molecule has 0 aromatic heterocycles. The molecule has 0 spiro atoms. The van der Waals surface area contributed by atoms with Gasteiger partial charge in [0, 0.05) is 24.1 Å². The Hall–Kier alpha value is -2.55. The lowest BCUT2D eigenvalue weighted by molar-refractivity contribution is -0.109. The normalized spacial score (nSPS) is 19.7. The van der Waals surface area contributed by atoms with Crippen LogP contribution in [0.1, 0.15) is 50.3 Å². The number of aliphatic hydroxyl groups is 1. The van der Waals surface area contributed by atoms with Gasteiger partial charge in [-0.25, -0.2) is 13.1 Å². The van der Waals surface area contributed by atoms with Crippen LogP contribution in [0.4, 0.5) is 0 Å². The molecule has 7 nitrogen and oxygen atoms in total. The first-order valence-corrected chi connectivity index (χ1v) is 12.0. The summed E-state index contributed by atoms with van der Waals surface area (Å²) >= 11 is 0. The smallest absolute Gasteiger partial charge is 0.241 e. The van der Waals surface area contributed by atoms with E-state index >= 15 is 0 Å². The molecule has 2 aliphatic carbocycles. The topological polar surface area (TPSA) is 110 Å². The van der Waals surface area contributed by atoms with Crippen LogP contribution < -0.4 is 9.46 Å². The van der Waals surface area contributed by atoms with Crippen molar-refractivity contribution in [3.63, 3.8) is 0 Å². The third kappa shape index (κ3) is 6.48. The van der Waals surface area contributed by atoms with E-state index in [2.05, 4.69) is 4.72 Å². The molecule has 0 radical (unpaired) electrons. The van der Waals surface area contributed by atoms with Gasteiger partial charge in [0.15, 0.2) is 6.29 Å². The number of rotatable bonds is 7. The zero-order valence-electron chi connectivity index (χ0n) is 18.7. The van der Waals surface area contributed by atoms with Gasteiger partial charge in [-0.2, -0.15) is 0 Å². The summed E-state index contributed by atoms with van der Waals surface area (Å²) < 4.78 is 34.8. The fourth-order valence-electron chi connectivity index (χ4n) is 3.88. The van der Waals surface area contributed by atoms with Gasteiger partial charge in [-0.15, -0.1) is 0 Å². The second-order valence-electron chi connectivity index (χ2n) is 8.18. The molecular formula is C24H31NO6S. The zero-order chi connectivity index (χ0) is 23.8. The third-order valence-corrected chi connectivity index (χ3v) is 6.76. The van der Waals surface area contributed by atoms with Crippen LogP contribution in [0.2, 0.25) is 0 Å². The van der Waals surface area contributed by atoms with E-state index in [9.17, 15) is 18.0 Å². The number of ether oxygens (including phenoxy) is 1. The molecule has 32 heavy (non-hydrogen) atoms. The van der Waals surface area contributed by atoms with Gasteiger partial charge < -0.3 is 9.84 Å². The van der Waals surface area contributed by atoms with Crippen molar-refractivity contribution in [1.29, 1.82) is 0 Å². The van der Waals surface area contributed by atoms with E-state index < -0.39 is 21.5 Å².